The third-order valence-electron chi connectivity index (χ3n) is 3.04. The molecule has 1 saturated heterocycles. The van der Waals surface area contributed by atoms with E-state index in [1.807, 2.05) is 6.07 Å². The van der Waals surface area contributed by atoms with Crippen LogP contribution in [0, 0.1) is 18.3 Å². The van der Waals surface area contributed by atoms with E-state index >= 15 is 0 Å². The Hall–Kier alpha value is -1.62. The maximum atomic E-state index is 12.2. The van der Waals surface area contributed by atoms with Crippen molar-refractivity contribution in [3.63, 3.8) is 0 Å². The zero-order valence-corrected chi connectivity index (χ0v) is 11.5. The normalized spacial score (nSPS) is 16.8. The first-order valence-electron chi connectivity index (χ1n) is 6.03. The van der Waals surface area contributed by atoms with Gasteiger partial charge in [0.2, 0.25) is 0 Å². The summed E-state index contributed by atoms with van der Waals surface area (Å²) in [6.07, 6.45) is 0. The number of benzene rings is 1. The van der Waals surface area contributed by atoms with Crippen LogP contribution in [0.5, 0.6) is 0 Å². The van der Waals surface area contributed by atoms with Crippen LogP contribution in [0.2, 0.25) is 0 Å². The molecule has 0 atom stereocenters. The second-order valence-corrected chi connectivity index (χ2v) is 6.04. The summed E-state index contributed by atoms with van der Waals surface area (Å²) in [5.74, 6) is 0. The van der Waals surface area contributed by atoms with Crippen molar-refractivity contribution < 1.29 is 8.42 Å². The molecule has 0 amide bonds. The Morgan fingerprint density at radius 3 is 2.68 bits per heavy atom. The van der Waals surface area contributed by atoms with E-state index in [1.165, 1.54) is 4.31 Å². The molecule has 2 N–H and O–H groups in total. The second-order valence-electron chi connectivity index (χ2n) is 4.37. The number of hydrogen-bond donors (Lipinski definition) is 2. The number of hydrogen-bond acceptors (Lipinski definition) is 4. The van der Waals surface area contributed by atoms with Gasteiger partial charge in [-0.2, -0.15) is 18.0 Å². The molecular formula is C12H16N4O2S. The van der Waals surface area contributed by atoms with Crippen LogP contribution < -0.4 is 10.0 Å². The molecular weight excluding hydrogens is 264 g/mol. The first-order chi connectivity index (χ1) is 9.04. The van der Waals surface area contributed by atoms with Gasteiger partial charge in [0.1, 0.15) is 6.07 Å². The largest absolute Gasteiger partial charge is 0.314 e. The third kappa shape index (κ3) is 3.04. The molecule has 1 aliphatic rings. The summed E-state index contributed by atoms with van der Waals surface area (Å²) in [4.78, 5) is 0. The fourth-order valence-corrected chi connectivity index (χ4v) is 3.23. The summed E-state index contributed by atoms with van der Waals surface area (Å²) in [5, 5.41) is 12.2. The second kappa shape index (κ2) is 5.57. The summed E-state index contributed by atoms with van der Waals surface area (Å²) < 4.78 is 28.3. The lowest BCUT2D eigenvalue weighted by molar-refractivity contribution is 0.362. The molecule has 0 bridgehead atoms. The smallest absolute Gasteiger partial charge is 0.301 e. The van der Waals surface area contributed by atoms with Gasteiger partial charge in [0.05, 0.1) is 11.3 Å². The van der Waals surface area contributed by atoms with Crippen LogP contribution in [-0.2, 0) is 10.2 Å². The first kappa shape index (κ1) is 13.8. The van der Waals surface area contributed by atoms with Crippen LogP contribution in [0.4, 0.5) is 5.69 Å². The molecule has 6 nitrogen and oxygen atoms in total. The summed E-state index contributed by atoms with van der Waals surface area (Å²) in [5.41, 5.74) is 1.45. The first-order valence-corrected chi connectivity index (χ1v) is 7.47. The van der Waals surface area contributed by atoms with Gasteiger partial charge < -0.3 is 5.32 Å². The summed E-state index contributed by atoms with van der Waals surface area (Å²) in [7, 11) is -3.59. The van der Waals surface area contributed by atoms with E-state index in [0.717, 1.165) is 5.56 Å². The van der Waals surface area contributed by atoms with E-state index in [9.17, 15) is 8.42 Å². The van der Waals surface area contributed by atoms with Crippen molar-refractivity contribution in [2.75, 3.05) is 30.9 Å². The maximum Gasteiger partial charge on any atom is 0.301 e. The number of nitrogens with one attached hydrogen (secondary N) is 2. The number of aryl methyl sites for hydroxylation is 1. The van der Waals surface area contributed by atoms with Gasteiger partial charge in [-0.15, -0.1) is 0 Å². The van der Waals surface area contributed by atoms with Gasteiger partial charge in [-0.3, -0.25) is 4.72 Å². The molecule has 102 valence electrons. The van der Waals surface area contributed by atoms with Gasteiger partial charge in [-0.1, -0.05) is 12.1 Å². The van der Waals surface area contributed by atoms with Gasteiger partial charge in [-0.05, 0) is 18.6 Å². The Balaban J connectivity index is 2.25. The fourth-order valence-electron chi connectivity index (χ4n) is 1.99. The molecule has 7 heteroatoms. The Morgan fingerprint density at radius 1 is 1.37 bits per heavy atom. The van der Waals surface area contributed by atoms with E-state index in [4.69, 9.17) is 5.26 Å². The molecule has 0 spiro atoms. The Labute approximate surface area is 113 Å². The SMILES string of the molecule is Cc1cccc(NS(=O)(=O)N2CCNCC2)c1C#N. The van der Waals surface area contributed by atoms with Crippen LogP contribution in [-0.4, -0.2) is 38.9 Å². The van der Waals surface area contributed by atoms with E-state index in [2.05, 4.69) is 10.0 Å². The highest BCUT2D eigenvalue weighted by Gasteiger charge is 2.24. The zero-order valence-electron chi connectivity index (χ0n) is 10.7. The lowest BCUT2D eigenvalue weighted by atomic mass is 10.1. The van der Waals surface area contributed by atoms with Gasteiger partial charge in [0.25, 0.3) is 0 Å². The molecule has 0 radical (unpaired) electrons. The molecule has 0 aromatic heterocycles. The monoisotopic (exact) mass is 280 g/mol. The van der Waals surface area contributed by atoms with Crippen molar-refractivity contribution in [3.8, 4) is 6.07 Å². The minimum absolute atomic E-state index is 0.334. The van der Waals surface area contributed by atoms with Crippen LogP contribution in [0.15, 0.2) is 18.2 Å². The molecule has 1 heterocycles. The standard InChI is InChI=1S/C12H16N4O2S/c1-10-3-2-4-12(11(10)9-13)15-19(17,18)16-7-5-14-6-8-16/h2-4,14-15H,5-8H2,1H3. The summed E-state index contributed by atoms with van der Waals surface area (Å²) in [6, 6.07) is 7.14. The van der Waals surface area contributed by atoms with Gasteiger partial charge in [0.15, 0.2) is 0 Å². The van der Waals surface area contributed by atoms with Gasteiger partial charge in [0, 0.05) is 26.2 Å². The molecule has 2 rings (SSSR count). The average molecular weight is 280 g/mol. The topological polar surface area (TPSA) is 85.2 Å². The lowest BCUT2D eigenvalue weighted by Gasteiger charge is -2.27. The average Bonchev–Trinajstić information content (AvgIpc) is 2.40. The van der Waals surface area contributed by atoms with Crippen molar-refractivity contribution in [2.45, 2.75) is 6.92 Å². The van der Waals surface area contributed by atoms with Crippen molar-refractivity contribution in [3.05, 3.63) is 29.3 Å². The molecule has 0 aliphatic carbocycles. The number of nitriles is 1. The molecule has 1 aromatic carbocycles. The van der Waals surface area contributed by atoms with Crippen LogP contribution in [0.25, 0.3) is 0 Å². The van der Waals surface area contributed by atoms with Gasteiger partial charge in [-0.25, -0.2) is 0 Å². The maximum absolute atomic E-state index is 12.2. The molecule has 19 heavy (non-hydrogen) atoms. The molecule has 1 aromatic rings. The van der Waals surface area contributed by atoms with Crippen molar-refractivity contribution in [1.82, 2.24) is 9.62 Å². The minimum Gasteiger partial charge on any atom is -0.314 e. The van der Waals surface area contributed by atoms with E-state index in [0.29, 0.717) is 37.4 Å². The van der Waals surface area contributed by atoms with Crippen LogP contribution in [0.3, 0.4) is 0 Å². The predicted molar refractivity (Wildman–Crippen MR) is 72.9 cm³/mol. The molecule has 0 unspecified atom stereocenters. The fraction of sp³-hybridized carbons (Fsp3) is 0.417. The van der Waals surface area contributed by atoms with E-state index in [-0.39, 0.29) is 0 Å². The van der Waals surface area contributed by atoms with E-state index < -0.39 is 10.2 Å². The van der Waals surface area contributed by atoms with Crippen LogP contribution in [0.1, 0.15) is 11.1 Å². The highest BCUT2D eigenvalue weighted by molar-refractivity contribution is 7.90. The number of anilines is 1. The number of nitrogens with zero attached hydrogens (tertiary/aromatic N) is 2. The van der Waals surface area contributed by atoms with Crippen molar-refractivity contribution >= 4 is 15.9 Å². The summed E-state index contributed by atoms with van der Waals surface area (Å²) >= 11 is 0. The lowest BCUT2D eigenvalue weighted by Crippen LogP contribution is -2.48. The molecule has 1 aliphatic heterocycles. The quantitative estimate of drug-likeness (QED) is 0.840. The molecule has 1 fully saturated rings. The van der Waals surface area contributed by atoms with Gasteiger partial charge >= 0.3 is 10.2 Å². The highest BCUT2D eigenvalue weighted by Crippen LogP contribution is 2.20. The van der Waals surface area contributed by atoms with Crippen molar-refractivity contribution in [1.29, 1.82) is 5.26 Å². The molecule has 0 saturated carbocycles. The number of piperazine rings is 1. The van der Waals surface area contributed by atoms with E-state index in [1.54, 1.807) is 25.1 Å². The minimum atomic E-state index is -3.59. The number of rotatable bonds is 3. The Bertz CT molecular complexity index is 601. The Kier molecular flexibility index (Phi) is 4.04. The predicted octanol–water partition coefficient (Wildman–Crippen LogP) is 0.429. The zero-order chi connectivity index (χ0) is 13.9. The van der Waals surface area contributed by atoms with Crippen LogP contribution >= 0.6 is 0 Å². The Morgan fingerprint density at radius 2 is 2.05 bits per heavy atom. The third-order valence-corrected chi connectivity index (χ3v) is 4.56. The summed E-state index contributed by atoms with van der Waals surface area (Å²) in [6.45, 7) is 3.92. The highest BCUT2D eigenvalue weighted by atomic mass is 32.2. The van der Waals surface area contributed by atoms with Crippen molar-refractivity contribution in [2.24, 2.45) is 0 Å².